The lowest BCUT2D eigenvalue weighted by atomic mass is 9.95. The Labute approximate surface area is 119 Å². The first-order valence-corrected chi connectivity index (χ1v) is 7.53. The Balaban J connectivity index is 2.06. The summed E-state index contributed by atoms with van der Waals surface area (Å²) in [5.41, 5.74) is 6.55. The third-order valence-electron chi connectivity index (χ3n) is 2.96. The quantitative estimate of drug-likeness (QED) is 0.882. The highest BCUT2D eigenvalue weighted by Gasteiger charge is 2.13. The number of nitrogens with two attached hydrogens (primary N) is 1. The van der Waals surface area contributed by atoms with Gasteiger partial charge in [0, 0.05) is 9.35 Å². The van der Waals surface area contributed by atoms with Crippen molar-refractivity contribution in [2.75, 3.05) is 6.54 Å². The maximum Gasteiger partial charge on any atom is 0.126 e. The number of hydrogen-bond acceptors (Lipinski definition) is 2. The third kappa shape index (κ3) is 3.40. The van der Waals surface area contributed by atoms with Gasteiger partial charge in [-0.15, -0.1) is 11.3 Å². The first-order chi connectivity index (χ1) is 8.70. The predicted molar refractivity (Wildman–Crippen MR) is 78.4 cm³/mol. The van der Waals surface area contributed by atoms with Gasteiger partial charge in [0.25, 0.3) is 0 Å². The maximum atomic E-state index is 13.6. The first-order valence-electron chi connectivity index (χ1n) is 5.86. The lowest BCUT2D eigenvalue weighted by Gasteiger charge is -2.14. The lowest BCUT2D eigenvalue weighted by Crippen LogP contribution is -2.19. The molecule has 0 aliphatic heterocycles. The molecule has 2 rings (SSSR count). The molecule has 0 fully saturated rings. The third-order valence-corrected chi connectivity index (χ3v) is 4.91. The second-order valence-electron chi connectivity index (χ2n) is 4.29. The highest BCUT2D eigenvalue weighted by atomic mass is 79.9. The number of hydrogen-bond donors (Lipinski definition) is 1. The second kappa shape index (κ2) is 6.45. The summed E-state index contributed by atoms with van der Waals surface area (Å²) in [4.78, 5) is 1.28. The Bertz CT molecular complexity index is 512. The van der Waals surface area contributed by atoms with Gasteiger partial charge in [-0.3, -0.25) is 0 Å². The normalized spacial score (nSPS) is 12.6. The molecule has 0 aliphatic carbocycles. The molecule has 2 N–H and O–H groups in total. The molecule has 0 aliphatic rings. The molecular formula is C14H15BrFNS. The zero-order chi connectivity index (χ0) is 13.0. The molecule has 0 radical (unpaired) electrons. The van der Waals surface area contributed by atoms with Gasteiger partial charge in [0.05, 0.1) is 0 Å². The van der Waals surface area contributed by atoms with E-state index in [4.69, 9.17) is 5.73 Å². The van der Waals surface area contributed by atoms with Crippen molar-refractivity contribution >= 4 is 27.3 Å². The fourth-order valence-electron chi connectivity index (χ4n) is 1.95. The molecule has 96 valence electrons. The molecule has 1 heterocycles. The summed E-state index contributed by atoms with van der Waals surface area (Å²) in [6.07, 6.45) is 1.58. The molecule has 0 saturated heterocycles. The van der Waals surface area contributed by atoms with Gasteiger partial charge in [-0.2, -0.15) is 0 Å². The van der Waals surface area contributed by atoms with Crippen molar-refractivity contribution in [3.8, 4) is 0 Å². The van der Waals surface area contributed by atoms with E-state index in [1.165, 1.54) is 10.9 Å². The summed E-state index contributed by atoms with van der Waals surface area (Å²) in [6.45, 7) is 0.568. The maximum absolute atomic E-state index is 13.6. The van der Waals surface area contributed by atoms with Crippen LogP contribution in [-0.4, -0.2) is 6.54 Å². The highest BCUT2D eigenvalue weighted by molar-refractivity contribution is 9.10. The van der Waals surface area contributed by atoms with Crippen molar-refractivity contribution in [3.05, 3.63) is 56.4 Å². The van der Waals surface area contributed by atoms with Crippen LogP contribution in [0.25, 0.3) is 0 Å². The molecule has 0 spiro atoms. The van der Waals surface area contributed by atoms with Crippen LogP contribution in [0, 0.1) is 11.7 Å². The van der Waals surface area contributed by atoms with Gasteiger partial charge < -0.3 is 5.73 Å². The standard InChI is InChI=1S/C14H15BrFNS/c15-12-5-6-18-14(12)8-10(9-17)7-11-3-1-2-4-13(11)16/h1-6,10H,7-9,17H2. The summed E-state index contributed by atoms with van der Waals surface area (Å²) >= 11 is 5.23. The van der Waals surface area contributed by atoms with Crippen LogP contribution in [0.2, 0.25) is 0 Å². The summed E-state index contributed by atoms with van der Waals surface area (Å²) in [5.74, 6) is 0.137. The number of benzene rings is 1. The van der Waals surface area contributed by atoms with E-state index in [2.05, 4.69) is 21.3 Å². The van der Waals surface area contributed by atoms with E-state index in [-0.39, 0.29) is 11.7 Å². The molecule has 18 heavy (non-hydrogen) atoms. The average Bonchev–Trinajstić information content (AvgIpc) is 2.77. The van der Waals surface area contributed by atoms with Crippen molar-refractivity contribution in [2.24, 2.45) is 11.7 Å². The Kier molecular flexibility index (Phi) is 4.92. The number of rotatable bonds is 5. The average molecular weight is 328 g/mol. The summed E-state index contributed by atoms with van der Waals surface area (Å²) < 4.78 is 14.7. The molecule has 1 aromatic carbocycles. The van der Waals surface area contributed by atoms with Gasteiger partial charge >= 0.3 is 0 Å². The smallest absolute Gasteiger partial charge is 0.126 e. The minimum atomic E-state index is -0.138. The fraction of sp³-hybridized carbons (Fsp3) is 0.286. The molecule has 0 amide bonds. The minimum absolute atomic E-state index is 0.138. The lowest BCUT2D eigenvalue weighted by molar-refractivity contribution is 0.514. The molecule has 0 saturated carbocycles. The summed E-state index contributed by atoms with van der Waals surface area (Å²) in [6, 6.07) is 8.96. The molecular weight excluding hydrogens is 313 g/mol. The number of thiophene rings is 1. The van der Waals surface area contributed by atoms with E-state index in [0.29, 0.717) is 13.0 Å². The molecule has 1 nitrogen and oxygen atoms in total. The van der Waals surface area contributed by atoms with Crippen LogP contribution in [0.5, 0.6) is 0 Å². The van der Waals surface area contributed by atoms with E-state index < -0.39 is 0 Å². The van der Waals surface area contributed by atoms with Gasteiger partial charge in [0.15, 0.2) is 0 Å². The topological polar surface area (TPSA) is 26.0 Å². The fourth-order valence-corrected chi connectivity index (χ4v) is 3.58. The minimum Gasteiger partial charge on any atom is -0.330 e. The van der Waals surface area contributed by atoms with Crippen molar-refractivity contribution < 1.29 is 4.39 Å². The first kappa shape index (κ1) is 13.7. The van der Waals surface area contributed by atoms with Crippen LogP contribution in [0.1, 0.15) is 10.4 Å². The second-order valence-corrected chi connectivity index (χ2v) is 6.15. The van der Waals surface area contributed by atoms with E-state index in [1.54, 1.807) is 17.4 Å². The van der Waals surface area contributed by atoms with E-state index in [0.717, 1.165) is 16.5 Å². The molecule has 4 heteroatoms. The molecule has 1 unspecified atom stereocenters. The van der Waals surface area contributed by atoms with Crippen molar-refractivity contribution in [1.29, 1.82) is 0 Å². The molecule has 1 aromatic heterocycles. The molecule has 0 bridgehead atoms. The van der Waals surface area contributed by atoms with Crippen LogP contribution in [-0.2, 0) is 12.8 Å². The van der Waals surface area contributed by atoms with Gasteiger partial charge in [0.1, 0.15) is 5.82 Å². The molecule has 2 aromatic rings. The molecule has 1 atom stereocenters. The monoisotopic (exact) mass is 327 g/mol. The zero-order valence-electron chi connectivity index (χ0n) is 9.90. The predicted octanol–water partition coefficient (Wildman–Crippen LogP) is 4.01. The van der Waals surface area contributed by atoms with E-state index >= 15 is 0 Å². The van der Waals surface area contributed by atoms with E-state index in [9.17, 15) is 4.39 Å². The van der Waals surface area contributed by atoms with Crippen molar-refractivity contribution in [3.63, 3.8) is 0 Å². The van der Waals surface area contributed by atoms with Gasteiger partial charge in [-0.05, 0) is 64.3 Å². The summed E-state index contributed by atoms with van der Waals surface area (Å²) in [5, 5.41) is 2.05. The largest absolute Gasteiger partial charge is 0.330 e. The highest BCUT2D eigenvalue weighted by Crippen LogP contribution is 2.26. The Morgan fingerprint density at radius 1 is 1.22 bits per heavy atom. The van der Waals surface area contributed by atoms with Crippen LogP contribution < -0.4 is 5.73 Å². The Hall–Kier alpha value is -0.710. The van der Waals surface area contributed by atoms with Crippen LogP contribution in [0.3, 0.4) is 0 Å². The van der Waals surface area contributed by atoms with Gasteiger partial charge in [-0.25, -0.2) is 4.39 Å². The Morgan fingerprint density at radius 3 is 2.61 bits per heavy atom. The van der Waals surface area contributed by atoms with Gasteiger partial charge in [0.2, 0.25) is 0 Å². The van der Waals surface area contributed by atoms with Crippen LogP contribution in [0.15, 0.2) is 40.2 Å². The van der Waals surface area contributed by atoms with Crippen molar-refractivity contribution in [1.82, 2.24) is 0 Å². The van der Waals surface area contributed by atoms with Crippen LogP contribution in [0.4, 0.5) is 4.39 Å². The number of halogens is 2. The van der Waals surface area contributed by atoms with Gasteiger partial charge in [-0.1, -0.05) is 18.2 Å². The van der Waals surface area contributed by atoms with Crippen LogP contribution >= 0.6 is 27.3 Å². The summed E-state index contributed by atoms with van der Waals surface area (Å²) in [7, 11) is 0. The zero-order valence-corrected chi connectivity index (χ0v) is 12.3. The van der Waals surface area contributed by atoms with E-state index in [1.807, 2.05) is 18.2 Å². The SMILES string of the molecule is NCC(Cc1ccccc1F)Cc1sccc1Br. The van der Waals surface area contributed by atoms with Crippen molar-refractivity contribution in [2.45, 2.75) is 12.8 Å². The Morgan fingerprint density at radius 2 is 2.00 bits per heavy atom.